The number of esters is 1. The lowest BCUT2D eigenvalue weighted by Crippen LogP contribution is -2.26. The molecule has 0 amide bonds. The number of alkyl halides is 1. The maximum Gasteiger partial charge on any atom is 0.324 e. The lowest BCUT2D eigenvalue weighted by molar-refractivity contribution is -0.154. The monoisotopic (exact) mass is 315 g/mol. The molecule has 0 fully saturated rings. The van der Waals surface area contributed by atoms with Crippen LogP contribution in [0.5, 0.6) is 0 Å². The quantitative estimate of drug-likeness (QED) is 0.525. The van der Waals surface area contributed by atoms with Crippen molar-refractivity contribution < 1.29 is 14.4 Å². The van der Waals surface area contributed by atoms with Crippen molar-refractivity contribution in [1.82, 2.24) is 0 Å². The zero-order valence-electron chi connectivity index (χ0n) is 11.0. The maximum absolute atomic E-state index is 11.9. The largest absolute Gasteiger partial charge is 0.459 e. The zero-order valence-corrected chi connectivity index (χ0v) is 12.6. The molecule has 0 spiro atoms. The molecule has 1 aromatic rings. The van der Waals surface area contributed by atoms with Gasteiger partial charge in [-0.1, -0.05) is 28.1 Å². The summed E-state index contributed by atoms with van der Waals surface area (Å²) >= 11 is 3.34. The van der Waals surface area contributed by atoms with E-state index >= 15 is 0 Å². The van der Waals surface area contributed by atoms with Crippen LogP contribution in [0.3, 0.4) is 0 Å². The first-order chi connectivity index (χ1) is 8.33. The Balaban J connectivity index is 2.71. The van der Waals surface area contributed by atoms with Crippen LogP contribution in [0.2, 0.25) is 0 Å². The Labute approximate surface area is 116 Å². The minimum absolute atomic E-state index is 0.296. The number of anilines is 1. The first-order valence-electron chi connectivity index (χ1n) is 5.59. The SMILES string of the molecule is CONc1ccc(C(Br)C(=O)OC(C)(C)C)cc1. The Morgan fingerprint density at radius 1 is 1.28 bits per heavy atom. The van der Waals surface area contributed by atoms with Gasteiger partial charge in [0.05, 0.1) is 12.8 Å². The van der Waals surface area contributed by atoms with Crippen molar-refractivity contribution in [1.29, 1.82) is 0 Å². The summed E-state index contributed by atoms with van der Waals surface area (Å²) in [6.07, 6.45) is 0. The van der Waals surface area contributed by atoms with Crippen molar-refractivity contribution in [2.45, 2.75) is 31.2 Å². The number of hydrogen-bond donors (Lipinski definition) is 1. The van der Waals surface area contributed by atoms with E-state index < -0.39 is 10.4 Å². The van der Waals surface area contributed by atoms with Crippen LogP contribution < -0.4 is 5.48 Å². The highest BCUT2D eigenvalue weighted by Gasteiger charge is 2.24. The predicted octanol–water partition coefficient (Wildman–Crippen LogP) is 3.44. The average molecular weight is 316 g/mol. The summed E-state index contributed by atoms with van der Waals surface area (Å²) in [4.78, 5) is 16.2. The van der Waals surface area contributed by atoms with Crippen molar-refractivity contribution in [3.63, 3.8) is 0 Å². The lowest BCUT2D eigenvalue weighted by Gasteiger charge is -2.21. The van der Waals surface area contributed by atoms with E-state index in [4.69, 9.17) is 9.57 Å². The molecule has 0 radical (unpaired) electrons. The predicted molar refractivity (Wildman–Crippen MR) is 74.6 cm³/mol. The average Bonchev–Trinajstić information content (AvgIpc) is 2.27. The number of carbonyl (C=O) groups excluding carboxylic acids is 1. The molecule has 0 aliphatic carbocycles. The van der Waals surface area contributed by atoms with Gasteiger partial charge in [-0.05, 0) is 38.5 Å². The number of carbonyl (C=O) groups is 1. The highest BCUT2D eigenvalue weighted by molar-refractivity contribution is 9.09. The van der Waals surface area contributed by atoms with E-state index in [0.717, 1.165) is 11.3 Å². The van der Waals surface area contributed by atoms with E-state index in [0.29, 0.717) is 0 Å². The molecule has 5 heteroatoms. The van der Waals surface area contributed by atoms with Crippen molar-refractivity contribution in [3.8, 4) is 0 Å². The maximum atomic E-state index is 11.9. The van der Waals surface area contributed by atoms with Crippen LogP contribution in [-0.2, 0) is 14.4 Å². The van der Waals surface area contributed by atoms with Crippen LogP contribution in [0, 0.1) is 0 Å². The fraction of sp³-hybridized carbons (Fsp3) is 0.462. The molecule has 1 N–H and O–H groups in total. The molecule has 0 saturated carbocycles. The van der Waals surface area contributed by atoms with Gasteiger partial charge in [-0.15, -0.1) is 0 Å². The molecule has 1 atom stereocenters. The minimum atomic E-state index is -0.485. The van der Waals surface area contributed by atoms with Crippen LogP contribution in [0.15, 0.2) is 24.3 Å². The summed E-state index contributed by atoms with van der Waals surface area (Å²) in [6, 6.07) is 7.34. The van der Waals surface area contributed by atoms with Gasteiger partial charge < -0.3 is 4.74 Å². The van der Waals surface area contributed by atoms with Crippen molar-refractivity contribution in [2.75, 3.05) is 12.6 Å². The summed E-state index contributed by atoms with van der Waals surface area (Å²) in [5.41, 5.74) is 3.89. The third kappa shape index (κ3) is 4.66. The summed E-state index contributed by atoms with van der Waals surface area (Å²) in [6.45, 7) is 5.53. The standard InChI is InChI=1S/C13H18BrNO3/c1-13(2,3)18-12(16)11(14)9-5-7-10(8-6-9)15-17-4/h5-8,11,15H,1-4H3. The number of benzene rings is 1. The minimum Gasteiger partial charge on any atom is -0.459 e. The molecule has 0 aliphatic heterocycles. The Kier molecular flexibility index (Phi) is 5.16. The molecule has 1 aromatic carbocycles. The second-order valence-electron chi connectivity index (χ2n) is 4.82. The summed E-state index contributed by atoms with van der Waals surface area (Å²) in [7, 11) is 1.54. The molecule has 18 heavy (non-hydrogen) atoms. The first kappa shape index (κ1) is 15.0. The molecule has 4 nitrogen and oxygen atoms in total. The number of ether oxygens (including phenoxy) is 1. The van der Waals surface area contributed by atoms with Crippen LogP contribution in [0.1, 0.15) is 31.2 Å². The second kappa shape index (κ2) is 6.20. The van der Waals surface area contributed by atoms with E-state index in [1.807, 2.05) is 45.0 Å². The van der Waals surface area contributed by atoms with Gasteiger partial charge in [0.15, 0.2) is 0 Å². The van der Waals surface area contributed by atoms with Crippen LogP contribution >= 0.6 is 15.9 Å². The topological polar surface area (TPSA) is 47.6 Å². The Morgan fingerprint density at radius 3 is 2.28 bits per heavy atom. The number of halogens is 1. The first-order valence-corrected chi connectivity index (χ1v) is 6.51. The molecule has 0 saturated heterocycles. The van der Waals surface area contributed by atoms with E-state index in [1.54, 1.807) is 7.11 Å². The van der Waals surface area contributed by atoms with Gasteiger partial charge in [0, 0.05) is 0 Å². The summed E-state index contributed by atoms with van der Waals surface area (Å²) in [5, 5.41) is 0. The molecule has 100 valence electrons. The van der Waals surface area contributed by atoms with Crippen LogP contribution in [-0.4, -0.2) is 18.7 Å². The number of rotatable bonds is 4. The number of nitrogens with one attached hydrogen (secondary N) is 1. The second-order valence-corrected chi connectivity index (χ2v) is 5.74. The van der Waals surface area contributed by atoms with Gasteiger partial charge in [-0.25, -0.2) is 0 Å². The van der Waals surface area contributed by atoms with Gasteiger partial charge in [0.1, 0.15) is 10.4 Å². The van der Waals surface area contributed by atoms with Gasteiger partial charge in [0.25, 0.3) is 0 Å². The van der Waals surface area contributed by atoms with Gasteiger partial charge >= 0.3 is 5.97 Å². The molecule has 1 unspecified atom stereocenters. The zero-order chi connectivity index (χ0) is 13.8. The van der Waals surface area contributed by atoms with E-state index in [2.05, 4.69) is 21.4 Å². The smallest absolute Gasteiger partial charge is 0.324 e. The van der Waals surface area contributed by atoms with Gasteiger partial charge in [0.2, 0.25) is 0 Å². The lowest BCUT2D eigenvalue weighted by atomic mass is 10.1. The van der Waals surface area contributed by atoms with E-state index in [-0.39, 0.29) is 5.97 Å². The van der Waals surface area contributed by atoms with Crippen molar-refractivity contribution in [3.05, 3.63) is 29.8 Å². The fourth-order valence-corrected chi connectivity index (χ4v) is 1.73. The van der Waals surface area contributed by atoms with Gasteiger partial charge in [-0.2, -0.15) is 0 Å². The highest BCUT2D eigenvalue weighted by atomic mass is 79.9. The Bertz CT molecular complexity index is 398. The summed E-state index contributed by atoms with van der Waals surface area (Å²) in [5.74, 6) is -0.296. The molecule has 1 rings (SSSR count). The highest BCUT2D eigenvalue weighted by Crippen LogP contribution is 2.27. The van der Waals surface area contributed by atoms with Crippen LogP contribution in [0.25, 0.3) is 0 Å². The normalized spacial score (nSPS) is 12.9. The molecule has 0 aromatic heterocycles. The molecular weight excluding hydrogens is 298 g/mol. The summed E-state index contributed by atoms with van der Waals surface area (Å²) < 4.78 is 5.31. The third-order valence-electron chi connectivity index (χ3n) is 2.04. The fourth-order valence-electron chi connectivity index (χ4n) is 1.33. The third-order valence-corrected chi connectivity index (χ3v) is 2.94. The van der Waals surface area contributed by atoms with E-state index in [1.165, 1.54) is 0 Å². The van der Waals surface area contributed by atoms with E-state index in [9.17, 15) is 4.79 Å². The van der Waals surface area contributed by atoms with Gasteiger partial charge in [-0.3, -0.25) is 15.1 Å². The molecule has 0 heterocycles. The Hall–Kier alpha value is -1.07. The Morgan fingerprint density at radius 2 is 1.83 bits per heavy atom. The van der Waals surface area contributed by atoms with Crippen molar-refractivity contribution >= 4 is 27.6 Å². The number of hydrogen-bond acceptors (Lipinski definition) is 4. The van der Waals surface area contributed by atoms with Crippen molar-refractivity contribution in [2.24, 2.45) is 0 Å². The van der Waals surface area contributed by atoms with Crippen LogP contribution in [0.4, 0.5) is 5.69 Å². The molecule has 0 aliphatic rings. The molecular formula is C13H18BrNO3. The molecule has 0 bridgehead atoms.